The lowest BCUT2D eigenvalue weighted by molar-refractivity contribution is 0.569. The molecule has 17 aromatic carbocycles. The van der Waals surface area contributed by atoms with Gasteiger partial charge in [0.1, 0.15) is 0 Å². The van der Waals surface area contributed by atoms with E-state index in [1.165, 1.54) is 105 Å². The van der Waals surface area contributed by atoms with Crippen molar-refractivity contribution in [2.24, 2.45) is 0 Å². The standard InChI is InChI=1S/C115H90BN3/c1-112(2,3)83-60-80(61-84(67-83)113(4,5)6)79-56-58-101-105(66-79)118(110-91(75-40-20-12-21-41-75)62-81(73-36-16-10-17-37-73)63-92(110)76-42-22-13-23-43-76)107-68-85(114(7,8)9)69-108-109(107)116(101)102-59-57-86(70-106(102)119(108)111-93(77-44-24-14-25-45-77)64-82(74-38-18-11-19-39-74)65-94(111)78-46-26-15-27-47-78)117-103-55-35-31-51-90(103)96-71-95-89-50-30-34-54-99(89)115(100(95)72-104(96)117)97-52-32-28-48-87(97)88-49-29-33-53-98(88)115/h10-72H,1-9H3. The molecule has 0 atom stereocenters. The van der Waals surface area contributed by atoms with Crippen LogP contribution in [0.15, 0.2) is 382 Å². The van der Waals surface area contributed by atoms with Crippen molar-refractivity contribution in [1.29, 1.82) is 0 Å². The van der Waals surface area contributed by atoms with Gasteiger partial charge in [0.2, 0.25) is 0 Å². The van der Waals surface area contributed by atoms with Crippen molar-refractivity contribution in [3.8, 4) is 106 Å². The highest BCUT2D eigenvalue weighted by atomic mass is 15.2. The summed E-state index contributed by atoms with van der Waals surface area (Å²) in [6.45, 7) is 21.1. The Bertz CT molecular complexity index is 6940. The third-order valence-electron chi connectivity index (χ3n) is 26.2. The van der Waals surface area contributed by atoms with Gasteiger partial charge in [0, 0.05) is 61.5 Å². The van der Waals surface area contributed by atoms with Gasteiger partial charge in [-0.1, -0.05) is 372 Å². The maximum Gasteiger partial charge on any atom is 0.252 e. The van der Waals surface area contributed by atoms with E-state index in [9.17, 15) is 0 Å². The van der Waals surface area contributed by atoms with Gasteiger partial charge in [-0.2, -0.15) is 0 Å². The quantitative estimate of drug-likeness (QED) is 0.126. The van der Waals surface area contributed by atoms with E-state index in [0.29, 0.717) is 0 Å². The van der Waals surface area contributed by atoms with Crippen molar-refractivity contribution in [2.45, 2.75) is 84.0 Å². The molecule has 0 N–H and O–H groups in total. The summed E-state index contributed by atoms with van der Waals surface area (Å²) in [7, 11) is 0. The van der Waals surface area contributed by atoms with Gasteiger partial charge >= 0.3 is 0 Å². The number of rotatable bonds is 10. The Hall–Kier alpha value is -13.8. The minimum atomic E-state index is -0.555. The summed E-state index contributed by atoms with van der Waals surface area (Å²) in [5.41, 5.74) is 43.1. The molecule has 568 valence electrons. The summed E-state index contributed by atoms with van der Waals surface area (Å²) >= 11 is 0. The molecular weight excluding hydrogens is 1430 g/mol. The van der Waals surface area contributed by atoms with Gasteiger partial charge in [-0.05, 0) is 222 Å². The fraction of sp³-hybridized carbons (Fsp3) is 0.113. The zero-order valence-corrected chi connectivity index (χ0v) is 68.8. The lowest BCUT2D eigenvalue weighted by atomic mass is 9.33. The summed E-state index contributed by atoms with van der Waals surface area (Å²) in [5.74, 6) is 0. The van der Waals surface area contributed by atoms with Gasteiger partial charge in [0.15, 0.2) is 0 Å². The Labute approximate surface area is 699 Å². The second-order valence-corrected chi connectivity index (χ2v) is 36.3. The molecule has 4 aliphatic rings. The first-order chi connectivity index (χ1) is 57.9. The molecule has 4 heteroatoms. The fourth-order valence-electron chi connectivity index (χ4n) is 20.4. The normalized spacial score (nSPS) is 13.4. The van der Waals surface area contributed by atoms with Crippen molar-refractivity contribution in [3.05, 3.63) is 421 Å². The molecule has 22 rings (SSSR count). The van der Waals surface area contributed by atoms with Crippen molar-refractivity contribution in [3.63, 3.8) is 0 Å². The first-order valence-corrected chi connectivity index (χ1v) is 42.2. The van der Waals surface area contributed by atoms with Gasteiger partial charge in [-0.25, -0.2) is 0 Å². The predicted molar refractivity (Wildman–Crippen MR) is 505 cm³/mol. The molecule has 1 spiro atoms. The first-order valence-electron chi connectivity index (χ1n) is 42.2. The van der Waals surface area contributed by atoms with Crippen LogP contribution in [0.2, 0.25) is 0 Å². The average Bonchev–Trinajstić information content (AvgIpc) is 1.44. The summed E-state index contributed by atoms with van der Waals surface area (Å²) in [4.78, 5) is 5.50. The minimum absolute atomic E-state index is 0.120. The van der Waals surface area contributed by atoms with Gasteiger partial charge in [0.05, 0.1) is 27.8 Å². The molecule has 18 aromatic rings. The van der Waals surface area contributed by atoms with Crippen molar-refractivity contribution < 1.29 is 0 Å². The zero-order chi connectivity index (χ0) is 80.4. The Morgan fingerprint density at radius 2 is 0.588 bits per heavy atom. The van der Waals surface area contributed by atoms with E-state index in [2.05, 4.69) is 459 Å². The minimum Gasteiger partial charge on any atom is -0.310 e. The maximum atomic E-state index is 2.75. The Morgan fingerprint density at radius 3 is 1.03 bits per heavy atom. The highest BCUT2D eigenvalue weighted by Gasteiger charge is 2.53. The molecule has 3 nitrogen and oxygen atoms in total. The molecule has 1 aromatic heterocycles. The van der Waals surface area contributed by atoms with Crippen molar-refractivity contribution in [2.75, 3.05) is 9.80 Å². The van der Waals surface area contributed by atoms with E-state index in [1.807, 2.05) is 0 Å². The number of para-hydroxylation sites is 1. The number of anilines is 6. The molecular formula is C115H90BN3. The SMILES string of the molecule is CC(C)(C)c1cc(-c2ccc3c(c2)N(c2c(-c4ccccc4)cc(-c4ccccc4)cc2-c2ccccc2)c2cc(C(C)(C)C)cc4c2B3c2ccc(-n3c5ccccc5c5cc6c(cc53)C3(c5ccccc5-c5ccccc53)c3ccccc3-6)cc2N4c2c(-c3ccccc3)cc(-c3ccccc3)cc2-c2ccccc2)cc(C(C)(C)C)c1. The van der Waals surface area contributed by atoms with E-state index in [1.54, 1.807) is 0 Å². The lowest BCUT2D eigenvalue weighted by Crippen LogP contribution is -2.61. The molecule has 2 aliphatic carbocycles. The van der Waals surface area contributed by atoms with Crippen molar-refractivity contribution >= 4 is 79.0 Å². The van der Waals surface area contributed by atoms with Crippen LogP contribution in [-0.2, 0) is 21.7 Å². The van der Waals surface area contributed by atoms with E-state index < -0.39 is 5.41 Å². The highest BCUT2D eigenvalue weighted by molar-refractivity contribution is 7.00. The molecule has 3 heterocycles. The van der Waals surface area contributed by atoms with Crippen LogP contribution in [0.5, 0.6) is 0 Å². The first kappa shape index (κ1) is 71.7. The Morgan fingerprint density at radius 1 is 0.227 bits per heavy atom. The second kappa shape index (κ2) is 27.1. The van der Waals surface area contributed by atoms with Crippen LogP contribution in [0, 0.1) is 0 Å². The number of hydrogen-bond acceptors (Lipinski definition) is 2. The smallest absolute Gasteiger partial charge is 0.252 e. The molecule has 119 heavy (non-hydrogen) atoms. The fourth-order valence-corrected chi connectivity index (χ4v) is 20.4. The van der Waals surface area contributed by atoms with E-state index in [-0.39, 0.29) is 23.0 Å². The monoisotopic (exact) mass is 1520 g/mol. The van der Waals surface area contributed by atoms with Crippen LogP contribution < -0.4 is 26.2 Å². The molecule has 0 bridgehead atoms. The average molecular weight is 1520 g/mol. The highest BCUT2D eigenvalue weighted by Crippen LogP contribution is 2.64. The summed E-state index contributed by atoms with van der Waals surface area (Å²) in [6.07, 6.45) is 0. The number of aromatic nitrogens is 1. The number of fused-ring (bicyclic) bond motifs is 17. The third-order valence-corrected chi connectivity index (χ3v) is 26.2. The number of nitrogens with zero attached hydrogens (tertiary/aromatic N) is 3. The molecule has 0 fully saturated rings. The van der Waals surface area contributed by atoms with Crippen molar-refractivity contribution in [1.82, 2.24) is 4.57 Å². The van der Waals surface area contributed by atoms with Crippen LogP contribution >= 0.6 is 0 Å². The number of benzene rings is 17. The van der Waals surface area contributed by atoms with Crippen LogP contribution in [0.1, 0.15) is 101 Å². The third kappa shape index (κ3) is 11.3. The Balaban J connectivity index is 0.899. The predicted octanol–water partition coefficient (Wildman–Crippen LogP) is 28.8. The number of hydrogen-bond donors (Lipinski definition) is 0. The van der Waals surface area contributed by atoms with Crippen LogP contribution in [0.25, 0.3) is 128 Å². The van der Waals surface area contributed by atoms with Gasteiger partial charge in [0.25, 0.3) is 6.71 Å². The van der Waals surface area contributed by atoms with Crippen LogP contribution in [0.3, 0.4) is 0 Å². The summed E-state index contributed by atoms with van der Waals surface area (Å²) < 4.78 is 2.61. The van der Waals surface area contributed by atoms with Crippen LogP contribution in [0.4, 0.5) is 34.1 Å². The van der Waals surface area contributed by atoms with E-state index in [0.717, 1.165) is 112 Å². The molecule has 0 amide bonds. The molecule has 0 saturated carbocycles. The van der Waals surface area contributed by atoms with Crippen LogP contribution in [-0.4, -0.2) is 11.3 Å². The lowest BCUT2D eigenvalue weighted by Gasteiger charge is -2.46. The summed E-state index contributed by atoms with van der Waals surface area (Å²) in [6, 6.07) is 147. The zero-order valence-electron chi connectivity index (χ0n) is 68.8. The van der Waals surface area contributed by atoms with Gasteiger partial charge in [-0.3, -0.25) is 0 Å². The van der Waals surface area contributed by atoms with Gasteiger partial charge < -0.3 is 14.4 Å². The second-order valence-electron chi connectivity index (χ2n) is 36.3. The molecule has 2 aliphatic heterocycles. The van der Waals surface area contributed by atoms with E-state index >= 15 is 0 Å². The largest absolute Gasteiger partial charge is 0.310 e. The topological polar surface area (TPSA) is 11.4 Å². The Kier molecular flexibility index (Phi) is 16.4. The molecule has 0 unspecified atom stereocenters. The van der Waals surface area contributed by atoms with Gasteiger partial charge in [-0.15, -0.1) is 0 Å². The summed E-state index contributed by atoms with van der Waals surface area (Å²) in [5, 5.41) is 2.44. The van der Waals surface area contributed by atoms with E-state index in [4.69, 9.17) is 0 Å². The molecule has 0 saturated heterocycles. The maximum absolute atomic E-state index is 2.75. The molecule has 0 radical (unpaired) electrons.